The van der Waals surface area contributed by atoms with Gasteiger partial charge >= 0.3 is 0 Å². The van der Waals surface area contributed by atoms with Crippen molar-refractivity contribution in [3.8, 4) is 0 Å². The molecule has 38 heavy (non-hydrogen) atoms. The number of benzene rings is 3. The number of nitrogens with zero attached hydrogens (tertiary/aromatic N) is 2. The Kier molecular flexibility index (Phi) is 10.0. The number of amides is 2. The number of carbonyl (C=O) groups excluding carboxylic acids is 2. The van der Waals surface area contributed by atoms with Gasteiger partial charge in [-0.25, -0.2) is 12.8 Å². The van der Waals surface area contributed by atoms with Gasteiger partial charge < -0.3 is 10.2 Å². The number of nitrogens with one attached hydrogen (secondary N) is 1. The lowest BCUT2D eigenvalue weighted by Crippen LogP contribution is -2.53. The summed E-state index contributed by atoms with van der Waals surface area (Å²) < 4.78 is 39.8. The molecule has 0 heterocycles. The SMILES string of the molecule is CCCNC(=O)C(Cc1ccccc1)N(Cc1ccc(C)cc1)C(=O)CN(c1ccc(F)cc1)S(C)(=O)=O. The number of sulfonamides is 1. The molecule has 1 unspecified atom stereocenters. The Morgan fingerprint density at radius 2 is 1.55 bits per heavy atom. The Morgan fingerprint density at radius 3 is 2.13 bits per heavy atom. The zero-order valence-electron chi connectivity index (χ0n) is 21.9. The molecule has 0 saturated carbocycles. The van der Waals surface area contributed by atoms with Gasteiger partial charge in [0.2, 0.25) is 21.8 Å². The van der Waals surface area contributed by atoms with E-state index in [0.717, 1.165) is 45.8 Å². The molecule has 0 aliphatic heterocycles. The second-order valence-corrected chi connectivity index (χ2v) is 11.2. The van der Waals surface area contributed by atoms with Crippen LogP contribution < -0.4 is 9.62 Å². The number of carbonyl (C=O) groups is 2. The molecule has 0 aliphatic rings. The smallest absolute Gasteiger partial charge is 0.244 e. The van der Waals surface area contributed by atoms with Gasteiger partial charge in [0.25, 0.3) is 0 Å². The summed E-state index contributed by atoms with van der Waals surface area (Å²) in [6.07, 6.45) is 1.97. The Morgan fingerprint density at radius 1 is 0.921 bits per heavy atom. The lowest BCUT2D eigenvalue weighted by atomic mass is 10.0. The van der Waals surface area contributed by atoms with E-state index in [4.69, 9.17) is 0 Å². The van der Waals surface area contributed by atoms with Gasteiger partial charge in [-0.1, -0.05) is 67.1 Å². The van der Waals surface area contributed by atoms with Crippen molar-refractivity contribution in [2.45, 2.75) is 39.3 Å². The van der Waals surface area contributed by atoms with Crippen molar-refractivity contribution < 1.29 is 22.4 Å². The highest BCUT2D eigenvalue weighted by atomic mass is 32.2. The molecule has 3 aromatic rings. The minimum absolute atomic E-state index is 0.108. The molecule has 0 spiro atoms. The summed E-state index contributed by atoms with van der Waals surface area (Å²) in [5.74, 6) is -1.39. The van der Waals surface area contributed by atoms with Crippen molar-refractivity contribution in [3.05, 3.63) is 101 Å². The fourth-order valence-electron chi connectivity index (χ4n) is 4.03. The largest absolute Gasteiger partial charge is 0.354 e. The summed E-state index contributed by atoms with van der Waals surface area (Å²) in [7, 11) is -3.89. The van der Waals surface area contributed by atoms with Crippen molar-refractivity contribution in [2.75, 3.05) is 23.7 Å². The number of hydrogen-bond donors (Lipinski definition) is 1. The predicted molar refractivity (Wildman–Crippen MR) is 148 cm³/mol. The van der Waals surface area contributed by atoms with E-state index >= 15 is 0 Å². The quantitative estimate of drug-likeness (QED) is 0.376. The van der Waals surface area contributed by atoms with Crippen LogP contribution in [0.4, 0.5) is 10.1 Å². The molecule has 0 saturated heterocycles. The molecule has 1 atom stereocenters. The lowest BCUT2D eigenvalue weighted by Gasteiger charge is -2.33. The summed E-state index contributed by atoms with van der Waals surface area (Å²) >= 11 is 0. The minimum Gasteiger partial charge on any atom is -0.354 e. The predicted octanol–water partition coefficient (Wildman–Crippen LogP) is 4.07. The van der Waals surface area contributed by atoms with Crippen molar-refractivity contribution in [1.29, 1.82) is 0 Å². The average Bonchev–Trinajstić information content (AvgIpc) is 2.89. The van der Waals surface area contributed by atoms with Crippen molar-refractivity contribution in [1.82, 2.24) is 10.2 Å². The maximum Gasteiger partial charge on any atom is 0.244 e. The molecular weight excluding hydrogens is 505 g/mol. The molecule has 9 heteroatoms. The highest BCUT2D eigenvalue weighted by Gasteiger charge is 2.32. The topological polar surface area (TPSA) is 86.8 Å². The molecule has 7 nitrogen and oxygen atoms in total. The van der Waals surface area contributed by atoms with E-state index in [1.807, 2.05) is 68.4 Å². The lowest BCUT2D eigenvalue weighted by molar-refractivity contribution is -0.140. The molecule has 3 aromatic carbocycles. The summed E-state index contributed by atoms with van der Waals surface area (Å²) in [5, 5.41) is 2.90. The van der Waals surface area contributed by atoms with Gasteiger partial charge in [-0.05, 0) is 48.7 Å². The van der Waals surface area contributed by atoms with E-state index in [0.29, 0.717) is 6.54 Å². The third-order valence-corrected chi connectivity index (χ3v) is 7.23. The molecule has 1 N–H and O–H groups in total. The first-order valence-corrected chi connectivity index (χ1v) is 14.3. The van der Waals surface area contributed by atoms with Gasteiger partial charge in [0.05, 0.1) is 11.9 Å². The Bertz CT molecular complexity index is 1310. The van der Waals surface area contributed by atoms with E-state index < -0.39 is 34.3 Å². The summed E-state index contributed by atoms with van der Waals surface area (Å²) in [4.78, 5) is 28.7. The third kappa shape index (κ3) is 8.14. The van der Waals surface area contributed by atoms with Crippen LogP contribution in [0.25, 0.3) is 0 Å². The third-order valence-electron chi connectivity index (χ3n) is 6.09. The van der Waals surface area contributed by atoms with Crippen LogP contribution in [0.5, 0.6) is 0 Å². The first-order valence-electron chi connectivity index (χ1n) is 12.5. The first-order chi connectivity index (χ1) is 18.1. The summed E-state index contributed by atoms with van der Waals surface area (Å²) in [6.45, 7) is 3.91. The van der Waals surface area contributed by atoms with Crippen LogP contribution in [-0.4, -0.2) is 50.5 Å². The molecule has 3 rings (SSSR count). The molecule has 202 valence electrons. The monoisotopic (exact) mass is 539 g/mol. The molecule has 0 aliphatic carbocycles. The maximum atomic E-state index is 13.9. The molecule has 0 bridgehead atoms. The highest BCUT2D eigenvalue weighted by molar-refractivity contribution is 7.92. The number of aryl methyl sites for hydroxylation is 1. The minimum atomic E-state index is -3.89. The fourth-order valence-corrected chi connectivity index (χ4v) is 4.88. The van der Waals surface area contributed by atoms with E-state index in [2.05, 4.69) is 5.32 Å². The standard InChI is InChI=1S/C29H34FN3O4S/c1-4-18-31-29(35)27(19-23-8-6-5-7-9-23)32(20-24-12-10-22(2)11-13-24)28(34)21-33(38(3,36)37)26-16-14-25(30)15-17-26/h5-17,27H,4,18-21H2,1-3H3,(H,31,35). The van der Waals surface area contributed by atoms with Crippen molar-refractivity contribution in [2.24, 2.45) is 0 Å². The van der Waals surface area contributed by atoms with Gasteiger partial charge in [-0.15, -0.1) is 0 Å². The molecule has 0 radical (unpaired) electrons. The number of halogens is 1. The van der Waals surface area contributed by atoms with Crippen LogP contribution >= 0.6 is 0 Å². The number of rotatable bonds is 12. The number of anilines is 1. The summed E-state index contributed by atoms with van der Waals surface area (Å²) in [5.41, 5.74) is 2.88. The molecule has 0 fully saturated rings. The van der Waals surface area contributed by atoms with Gasteiger partial charge in [-0.3, -0.25) is 13.9 Å². The normalized spacial score (nSPS) is 12.0. The zero-order chi connectivity index (χ0) is 27.7. The average molecular weight is 540 g/mol. The van der Waals surface area contributed by atoms with E-state index in [-0.39, 0.29) is 24.6 Å². The van der Waals surface area contributed by atoms with Gasteiger partial charge in [0, 0.05) is 19.5 Å². The second kappa shape index (κ2) is 13.2. The second-order valence-electron chi connectivity index (χ2n) is 9.25. The van der Waals surface area contributed by atoms with Gasteiger partial charge in [-0.2, -0.15) is 0 Å². The van der Waals surface area contributed by atoms with Crippen LogP contribution in [-0.2, 0) is 32.6 Å². The van der Waals surface area contributed by atoms with E-state index in [1.54, 1.807) is 0 Å². The van der Waals surface area contributed by atoms with Crippen LogP contribution in [0.2, 0.25) is 0 Å². The van der Waals surface area contributed by atoms with Crippen molar-refractivity contribution in [3.63, 3.8) is 0 Å². The van der Waals surface area contributed by atoms with Crippen LogP contribution in [0.1, 0.15) is 30.0 Å². The molecule has 2 amide bonds. The number of hydrogen-bond acceptors (Lipinski definition) is 4. The first kappa shape index (κ1) is 28.8. The van der Waals surface area contributed by atoms with Crippen LogP contribution in [0.3, 0.4) is 0 Å². The Hall–Kier alpha value is -3.72. The van der Waals surface area contributed by atoms with E-state index in [1.165, 1.54) is 17.0 Å². The summed E-state index contributed by atoms with van der Waals surface area (Å²) in [6, 6.07) is 21.0. The molecular formula is C29H34FN3O4S. The zero-order valence-corrected chi connectivity index (χ0v) is 22.7. The molecule has 0 aromatic heterocycles. The Balaban J connectivity index is 2.02. The van der Waals surface area contributed by atoms with E-state index in [9.17, 15) is 22.4 Å². The van der Waals surface area contributed by atoms with Gasteiger partial charge in [0.1, 0.15) is 18.4 Å². The fraction of sp³-hybridized carbons (Fsp3) is 0.310. The Labute approximate surface area is 224 Å². The van der Waals surface area contributed by atoms with Crippen LogP contribution in [0, 0.1) is 12.7 Å². The van der Waals surface area contributed by atoms with Crippen molar-refractivity contribution >= 4 is 27.5 Å². The van der Waals surface area contributed by atoms with Gasteiger partial charge in [0.15, 0.2) is 0 Å². The highest BCUT2D eigenvalue weighted by Crippen LogP contribution is 2.21. The van der Waals surface area contributed by atoms with Crippen LogP contribution in [0.15, 0.2) is 78.9 Å². The maximum absolute atomic E-state index is 13.9.